The standard InChI is InChI=1S/C40H37F3N2O17/c1-4-39(55)15-22(60-25-14-20(44-38(54)40(41,42)43)35(16(2)59-25)62-37(53)17-8-10-18(11-9-17)45(56)57)27-30(36(39)61-24(48)13-12-23(47)58-3)34(52)28-29(33(27)51)32(50)26-19(31(28)49)6-5-7-21(26)46/h5-11,16,20,22,25,35-36,46,51-52,55H,4,12-15H2,1-3H3,(H,44,54)/t16-,20-,22-,25-,35+,36+,39+/m0/s1. The predicted octanol–water partition coefficient (Wildman–Crippen LogP) is 4.03. The van der Waals surface area contributed by atoms with Crippen LogP contribution in [0, 0.1) is 10.1 Å². The maximum absolute atomic E-state index is 14.0. The molecule has 0 saturated carbocycles. The second-order valence-electron chi connectivity index (χ2n) is 14.6. The number of hydrogen-bond donors (Lipinski definition) is 5. The number of hydrogen-bond acceptors (Lipinski definition) is 17. The third kappa shape index (κ3) is 8.35. The molecule has 1 saturated heterocycles. The summed E-state index contributed by atoms with van der Waals surface area (Å²) in [6.45, 7) is 2.66. The van der Waals surface area contributed by atoms with Gasteiger partial charge in [0.1, 0.15) is 29.0 Å². The lowest BCUT2D eigenvalue weighted by Crippen LogP contribution is -2.59. The van der Waals surface area contributed by atoms with Crippen LogP contribution in [0.25, 0.3) is 0 Å². The van der Waals surface area contributed by atoms with Crippen LogP contribution in [0.15, 0.2) is 42.5 Å². The van der Waals surface area contributed by atoms with Crippen molar-refractivity contribution >= 4 is 41.1 Å². The average Bonchev–Trinajstić information content (AvgIpc) is 3.21. The van der Waals surface area contributed by atoms with Crippen LogP contribution in [-0.2, 0) is 38.1 Å². The number of halogens is 3. The first kappa shape index (κ1) is 44.9. The first-order chi connectivity index (χ1) is 29.1. The molecule has 1 heterocycles. The number of phenolic OH excluding ortho intramolecular Hbond substituents is 3. The summed E-state index contributed by atoms with van der Waals surface area (Å²) >= 11 is 0. The van der Waals surface area contributed by atoms with E-state index in [1.165, 1.54) is 26.0 Å². The Morgan fingerprint density at radius 2 is 1.56 bits per heavy atom. The van der Waals surface area contributed by atoms with Crippen molar-refractivity contribution in [2.45, 2.75) is 94.5 Å². The molecule has 19 nitrogen and oxygen atoms in total. The van der Waals surface area contributed by atoms with Crippen LogP contribution in [0.2, 0.25) is 0 Å². The minimum atomic E-state index is -5.44. The summed E-state index contributed by atoms with van der Waals surface area (Å²) < 4.78 is 68.6. The van der Waals surface area contributed by atoms with Crippen LogP contribution in [-0.4, -0.2) is 104 Å². The number of ketones is 2. The Labute approximate surface area is 347 Å². The molecule has 0 radical (unpaired) electrons. The third-order valence-electron chi connectivity index (χ3n) is 10.8. The van der Waals surface area contributed by atoms with E-state index in [4.69, 9.17) is 18.9 Å². The second-order valence-corrected chi connectivity index (χ2v) is 14.6. The minimum Gasteiger partial charge on any atom is -0.507 e. The molecule has 62 heavy (non-hydrogen) atoms. The number of ether oxygens (including phenoxy) is 5. The van der Waals surface area contributed by atoms with Crippen molar-refractivity contribution in [2.24, 2.45) is 0 Å². The smallest absolute Gasteiger partial charge is 0.471 e. The monoisotopic (exact) mass is 874 g/mol. The predicted molar refractivity (Wildman–Crippen MR) is 198 cm³/mol. The Morgan fingerprint density at radius 3 is 2.18 bits per heavy atom. The van der Waals surface area contributed by atoms with Crippen molar-refractivity contribution in [3.05, 3.63) is 91.5 Å². The molecule has 1 fully saturated rings. The number of nitrogens with zero attached hydrogens (tertiary/aromatic N) is 1. The van der Waals surface area contributed by atoms with E-state index < -0.39 is 160 Å². The number of nitrogens with one attached hydrogen (secondary N) is 1. The summed E-state index contributed by atoms with van der Waals surface area (Å²) in [6, 6.07) is 5.78. The molecule has 1 aliphatic heterocycles. The lowest BCUT2D eigenvalue weighted by Gasteiger charge is -2.46. The van der Waals surface area contributed by atoms with E-state index in [2.05, 4.69) is 4.74 Å². The number of aliphatic hydroxyl groups is 1. The van der Waals surface area contributed by atoms with Crippen LogP contribution >= 0.6 is 0 Å². The number of nitro benzene ring substituents is 1. The number of benzene rings is 3. The van der Waals surface area contributed by atoms with E-state index in [1.54, 1.807) is 5.32 Å². The summed E-state index contributed by atoms with van der Waals surface area (Å²) in [7, 11) is 1.07. The van der Waals surface area contributed by atoms with Crippen molar-refractivity contribution in [1.82, 2.24) is 5.32 Å². The molecule has 0 bridgehead atoms. The minimum absolute atomic E-state index is 0.247. The molecule has 5 N–H and O–H groups in total. The first-order valence-corrected chi connectivity index (χ1v) is 18.8. The Bertz CT molecular complexity index is 2370. The maximum Gasteiger partial charge on any atom is 0.471 e. The Balaban J connectivity index is 1.42. The fraction of sp³-hybridized carbons (Fsp3) is 0.400. The summed E-state index contributed by atoms with van der Waals surface area (Å²) in [4.78, 5) is 88.6. The zero-order chi connectivity index (χ0) is 45.6. The summed E-state index contributed by atoms with van der Waals surface area (Å²) in [6.07, 6.45) is -16.7. The number of carbonyl (C=O) groups is 6. The molecule has 3 aromatic carbocycles. The second kappa shape index (κ2) is 17.0. The van der Waals surface area contributed by atoms with Gasteiger partial charge in [0.25, 0.3) is 5.69 Å². The van der Waals surface area contributed by atoms with Gasteiger partial charge in [-0.15, -0.1) is 0 Å². The van der Waals surface area contributed by atoms with Gasteiger partial charge < -0.3 is 49.4 Å². The fourth-order valence-corrected chi connectivity index (χ4v) is 7.72. The van der Waals surface area contributed by atoms with Gasteiger partial charge >= 0.3 is 30.0 Å². The van der Waals surface area contributed by atoms with Gasteiger partial charge in [-0.3, -0.25) is 34.1 Å². The number of rotatable bonds is 11. The van der Waals surface area contributed by atoms with Gasteiger partial charge in [0.15, 0.2) is 18.2 Å². The van der Waals surface area contributed by atoms with Crippen LogP contribution in [0.5, 0.6) is 17.2 Å². The number of non-ortho nitro benzene ring substituents is 1. The number of aromatic hydroxyl groups is 3. The highest BCUT2D eigenvalue weighted by atomic mass is 19.4. The van der Waals surface area contributed by atoms with Gasteiger partial charge in [0, 0.05) is 41.7 Å². The van der Waals surface area contributed by atoms with Crippen LogP contribution in [0.1, 0.15) is 111 Å². The molecule has 22 heteroatoms. The molecule has 0 aromatic heterocycles. The molecule has 7 atom stereocenters. The number of carbonyl (C=O) groups excluding carboxylic acids is 6. The normalized spacial score (nSPS) is 24.2. The van der Waals surface area contributed by atoms with Gasteiger partial charge in [0.2, 0.25) is 5.78 Å². The molecular weight excluding hydrogens is 837 g/mol. The SMILES string of the molecule is CC[C@@]1(O)C[C@H](O[C@H]2C[C@H](NC(=O)C(F)(F)F)[C@H](OC(=O)c3ccc([N+](=O)[O-])cc3)[C@H](C)O2)c2c(O)c3c(c(O)c2[C@H]1OC(=O)CCC(=O)OC)C(=O)c1cccc(O)c1C3=O. The maximum atomic E-state index is 14.0. The van der Waals surface area contributed by atoms with Gasteiger partial charge in [-0.05, 0) is 31.5 Å². The van der Waals surface area contributed by atoms with E-state index in [-0.39, 0.29) is 23.2 Å². The average molecular weight is 875 g/mol. The van der Waals surface area contributed by atoms with Gasteiger partial charge in [-0.2, -0.15) is 13.2 Å². The highest BCUT2D eigenvalue weighted by Crippen LogP contribution is 2.57. The topological polar surface area (TPSA) is 285 Å². The molecule has 0 unspecified atom stereocenters. The van der Waals surface area contributed by atoms with Crippen molar-refractivity contribution in [2.75, 3.05) is 7.11 Å². The number of alkyl halides is 3. The molecule has 6 rings (SSSR count). The lowest BCUT2D eigenvalue weighted by molar-refractivity contribution is -0.384. The van der Waals surface area contributed by atoms with Gasteiger partial charge in [0.05, 0.1) is 65.4 Å². The highest BCUT2D eigenvalue weighted by molar-refractivity contribution is 6.31. The van der Waals surface area contributed by atoms with Crippen molar-refractivity contribution in [3.8, 4) is 17.2 Å². The van der Waals surface area contributed by atoms with Crippen LogP contribution in [0.3, 0.4) is 0 Å². The van der Waals surface area contributed by atoms with Gasteiger partial charge in [-0.25, -0.2) is 4.79 Å². The van der Waals surface area contributed by atoms with Crippen LogP contribution < -0.4 is 5.32 Å². The van der Waals surface area contributed by atoms with E-state index in [9.17, 15) is 72.5 Å². The molecule has 330 valence electrons. The van der Waals surface area contributed by atoms with Crippen LogP contribution in [0.4, 0.5) is 18.9 Å². The molecule has 1 amide bonds. The largest absolute Gasteiger partial charge is 0.507 e. The Hall–Kier alpha value is -6.65. The van der Waals surface area contributed by atoms with E-state index in [0.29, 0.717) is 0 Å². The van der Waals surface area contributed by atoms with Crippen molar-refractivity contribution in [3.63, 3.8) is 0 Å². The third-order valence-corrected chi connectivity index (χ3v) is 10.8. The molecule has 3 aliphatic rings. The Morgan fingerprint density at radius 1 is 0.935 bits per heavy atom. The highest BCUT2D eigenvalue weighted by Gasteiger charge is 2.54. The van der Waals surface area contributed by atoms with Crippen molar-refractivity contribution in [1.29, 1.82) is 0 Å². The number of amides is 1. The quantitative estimate of drug-likeness (QED) is 0.0467. The van der Waals surface area contributed by atoms with E-state index in [1.807, 2.05) is 0 Å². The summed E-state index contributed by atoms with van der Waals surface area (Å²) in [5.74, 6) is -10.5. The zero-order valence-electron chi connectivity index (χ0n) is 32.7. The van der Waals surface area contributed by atoms with Crippen molar-refractivity contribution < 1.29 is 91.0 Å². The summed E-state index contributed by atoms with van der Waals surface area (Å²) in [5, 5.41) is 59.5. The van der Waals surface area contributed by atoms with Gasteiger partial charge in [-0.1, -0.05) is 19.1 Å². The molecule has 0 spiro atoms. The number of phenols is 3. The summed E-state index contributed by atoms with van der Waals surface area (Å²) in [5.41, 5.74) is -6.60. The molecule has 2 aliphatic carbocycles. The number of esters is 3. The fourth-order valence-electron chi connectivity index (χ4n) is 7.72. The molecular formula is C40H37F3N2O17. The zero-order valence-corrected chi connectivity index (χ0v) is 32.7. The number of nitro groups is 1. The number of fused-ring (bicyclic) bond motifs is 3. The number of methoxy groups -OCH3 is 1. The van der Waals surface area contributed by atoms with E-state index in [0.717, 1.165) is 37.4 Å². The Kier molecular flexibility index (Phi) is 12.3. The lowest BCUT2D eigenvalue weighted by atomic mass is 9.70. The molecule has 3 aromatic rings. The van der Waals surface area contributed by atoms with E-state index >= 15 is 0 Å². The first-order valence-electron chi connectivity index (χ1n) is 18.8.